The number of methoxy groups -OCH3 is 2. The Hall–Kier alpha value is -2.77. The molecule has 0 atom stereocenters. The second kappa shape index (κ2) is 10.1. The summed E-state index contributed by atoms with van der Waals surface area (Å²) in [4.78, 5) is 34.1. The van der Waals surface area contributed by atoms with Crippen LogP contribution in [-0.4, -0.2) is 52.2 Å². The largest absolute Gasteiger partial charge is 0.497 e. The molecule has 0 spiro atoms. The monoisotopic (exact) mass is 338 g/mol. The van der Waals surface area contributed by atoms with Crippen LogP contribution in [0, 0.1) is 0 Å². The average molecular weight is 338 g/mol. The van der Waals surface area contributed by atoms with E-state index >= 15 is 0 Å². The second-order valence-corrected chi connectivity index (χ2v) is 4.83. The number of amides is 2. The Balaban J connectivity index is 2.38. The molecule has 2 N–H and O–H groups in total. The van der Waals surface area contributed by atoms with Crippen molar-refractivity contribution in [2.45, 2.75) is 12.8 Å². The fourth-order valence-electron chi connectivity index (χ4n) is 1.79. The van der Waals surface area contributed by atoms with E-state index in [1.54, 1.807) is 32.4 Å². The first-order chi connectivity index (χ1) is 11.5. The average Bonchev–Trinajstić information content (AvgIpc) is 2.61. The maximum absolute atomic E-state index is 11.7. The molecule has 2 amide bonds. The Bertz CT molecular complexity index is 566. The summed E-state index contributed by atoms with van der Waals surface area (Å²) in [5, 5.41) is 4.69. The summed E-state index contributed by atoms with van der Waals surface area (Å²) < 4.78 is 15.2. The first-order valence-electron chi connectivity index (χ1n) is 7.33. The zero-order valence-electron chi connectivity index (χ0n) is 14.0. The molecule has 24 heavy (non-hydrogen) atoms. The zero-order chi connectivity index (χ0) is 17.9. The molecule has 0 aliphatic heterocycles. The summed E-state index contributed by atoms with van der Waals surface area (Å²) in [6.07, 6.45) is 0.533. The van der Waals surface area contributed by atoms with E-state index in [0.717, 1.165) is 5.56 Å². The number of likely N-dealkylation sites (N-methyl/N-ethyl adjacent to an activating group) is 1. The molecule has 0 radical (unpaired) electrons. The van der Waals surface area contributed by atoms with Crippen molar-refractivity contribution < 1.29 is 28.6 Å². The van der Waals surface area contributed by atoms with Gasteiger partial charge in [0.15, 0.2) is 6.61 Å². The molecule has 0 heterocycles. The van der Waals surface area contributed by atoms with Crippen molar-refractivity contribution in [2.24, 2.45) is 0 Å². The van der Waals surface area contributed by atoms with Crippen molar-refractivity contribution in [2.75, 3.05) is 34.4 Å². The molecular formula is C16H22N2O6. The molecule has 0 unspecified atom stereocenters. The van der Waals surface area contributed by atoms with E-state index < -0.39 is 18.5 Å². The van der Waals surface area contributed by atoms with Crippen molar-refractivity contribution in [3.8, 4) is 11.5 Å². The van der Waals surface area contributed by atoms with Crippen molar-refractivity contribution >= 4 is 17.8 Å². The summed E-state index contributed by atoms with van der Waals surface area (Å²) in [5.41, 5.74) is 0.854. The van der Waals surface area contributed by atoms with Crippen molar-refractivity contribution in [3.05, 3.63) is 23.8 Å². The van der Waals surface area contributed by atoms with E-state index in [1.807, 2.05) is 0 Å². The fraction of sp³-hybridized carbons (Fsp3) is 0.438. The summed E-state index contributed by atoms with van der Waals surface area (Å²) in [6, 6.07) is 5.33. The topological polar surface area (TPSA) is 103 Å². The summed E-state index contributed by atoms with van der Waals surface area (Å²) >= 11 is 0. The molecule has 0 bridgehead atoms. The third kappa shape index (κ3) is 6.99. The molecule has 8 heteroatoms. The molecule has 0 aliphatic rings. The predicted octanol–water partition coefficient (Wildman–Crippen LogP) is 0.0418. The highest BCUT2D eigenvalue weighted by molar-refractivity contribution is 5.86. The first kappa shape index (κ1) is 19.3. The van der Waals surface area contributed by atoms with Gasteiger partial charge in [0.05, 0.1) is 20.8 Å². The molecule has 132 valence electrons. The van der Waals surface area contributed by atoms with Gasteiger partial charge in [-0.2, -0.15) is 0 Å². The third-order valence-electron chi connectivity index (χ3n) is 3.12. The number of carbonyl (C=O) groups is 3. The van der Waals surface area contributed by atoms with Crippen molar-refractivity contribution in [3.63, 3.8) is 0 Å². The van der Waals surface area contributed by atoms with Crippen molar-refractivity contribution in [1.29, 1.82) is 0 Å². The highest BCUT2D eigenvalue weighted by Crippen LogP contribution is 2.23. The van der Waals surface area contributed by atoms with Crippen LogP contribution in [0.25, 0.3) is 0 Å². The Kier molecular flexibility index (Phi) is 8.10. The molecular weight excluding hydrogens is 316 g/mol. The summed E-state index contributed by atoms with van der Waals surface area (Å²) in [6.45, 7) is -0.576. The minimum atomic E-state index is -0.532. The normalized spacial score (nSPS) is 9.79. The van der Waals surface area contributed by atoms with Crippen LogP contribution in [0.2, 0.25) is 0 Å². The lowest BCUT2D eigenvalue weighted by molar-refractivity contribution is -0.148. The van der Waals surface area contributed by atoms with Crippen LogP contribution in [0.4, 0.5) is 0 Å². The maximum atomic E-state index is 11.7. The lowest BCUT2D eigenvalue weighted by atomic mass is 10.1. The molecule has 0 aliphatic carbocycles. The molecule has 0 saturated heterocycles. The van der Waals surface area contributed by atoms with Crippen LogP contribution >= 0.6 is 0 Å². The van der Waals surface area contributed by atoms with Crippen LogP contribution in [0.5, 0.6) is 11.5 Å². The second-order valence-electron chi connectivity index (χ2n) is 4.83. The number of esters is 1. The van der Waals surface area contributed by atoms with E-state index in [2.05, 4.69) is 10.6 Å². The van der Waals surface area contributed by atoms with Crippen LogP contribution < -0.4 is 20.1 Å². The molecule has 0 aromatic heterocycles. The summed E-state index contributed by atoms with van der Waals surface area (Å²) in [5.74, 6) is -0.110. The molecule has 1 aromatic rings. The first-order valence-corrected chi connectivity index (χ1v) is 7.33. The van der Waals surface area contributed by atoms with E-state index in [-0.39, 0.29) is 18.9 Å². The van der Waals surface area contributed by atoms with Crippen LogP contribution in [0.3, 0.4) is 0 Å². The van der Waals surface area contributed by atoms with Gasteiger partial charge in [0.1, 0.15) is 11.5 Å². The Morgan fingerprint density at radius 3 is 2.17 bits per heavy atom. The summed E-state index contributed by atoms with van der Waals surface area (Å²) in [7, 11) is 4.55. The van der Waals surface area contributed by atoms with Gasteiger partial charge in [-0.1, -0.05) is 0 Å². The molecule has 8 nitrogen and oxygen atoms in total. The lowest BCUT2D eigenvalue weighted by Crippen LogP contribution is -2.37. The van der Waals surface area contributed by atoms with Gasteiger partial charge in [-0.3, -0.25) is 14.4 Å². The van der Waals surface area contributed by atoms with Gasteiger partial charge in [-0.25, -0.2) is 0 Å². The van der Waals surface area contributed by atoms with Gasteiger partial charge < -0.3 is 24.8 Å². The standard InChI is InChI=1S/C16H22N2O6/c1-17-14(19)9-18-15(20)10-24-16(21)5-4-11-6-12(22-2)8-13(7-11)23-3/h6-8H,4-5,9-10H2,1-3H3,(H,17,19)(H,18,20). The Morgan fingerprint density at radius 2 is 1.62 bits per heavy atom. The van der Waals surface area contributed by atoms with Gasteiger partial charge in [-0.05, 0) is 24.1 Å². The third-order valence-corrected chi connectivity index (χ3v) is 3.12. The van der Waals surface area contributed by atoms with Gasteiger partial charge in [-0.15, -0.1) is 0 Å². The lowest BCUT2D eigenvalue weighted by Gasteiger charge is -2.09. The van der Waals surface area contributed by atoms with E-state index in [4.69, 9.17) is 14.2 Å². The predicted molar refractivity (Wildman–Crippen MR) is 85.9 cm³/mol. The number of hydrogen-bond acceptors (Lipinski definition) is 6. The number of hydrogen-bond donors (Lipinski definition) is 2. The number of benzene rings is 1. The molecule has 1 aromatic carbocycles. The van der Waals surface area contributed by atoms with Crippen molar-refractivity contribution in [1.82, 2.24) is 10.6 Å². The number of nitrogens with one attached hydrogen (secondary N) is 2. The quantitative estimate of drug-likeness (QED) is 0.617. The number of ether oxygens (including phenoxy) is 3. The van der Waals surface area contributed by atoms with Crippen LogP contribution in [0.1, 0.15) is 12.0 Å². The SMILES string of the molecule is CNC(=O)CNC(=O)COC(=O)CCc1cc(OC)cc(OC)c1. The van der Waals surface area contributed by atoms with Gasteiger partial charge in [0, 0.05) is 19.5 Å². The molecule has 1 rings (SSSR count). The Morgan fingerprint density at radius 1 is 1.00 bits per heavy atom. The number of carbonyl (C=O) groups excluding carboxylic acids is 3. The molecule has 0 fully saturated rings. The minimum Gasteiger partial charge on any atom is -0.497 e. The van der Waals surface area contributed by atoms with E-state index in [9.17, 15) is 14.4 Å². The Labute approximate surface area is 140 Å². The number of aryl methyl sites for hydroxylation is 1. The maximum Gasteiger partial charge on any atom is 0.306 e. The van der Waals surface area contributed by atoms with E-state index in [0.29, 0.717) is 17.9 Å². The van der Waals surface area contributed by atoms with Crippen LogP contribution in [0.15, 0.2) is 18.2 Å². The van der Waals surface area contributed by atoms with Gasteiger partial charge in [0.25, 0.3) is 5.91 Å². The van der Waals surface area contributed by atoms with Gasteiger partial charge in [0.2, 0.25) is 5.91 Å². The van der Waals surface area contributed by atoms with Crippen LogP contribution in [-0.2, 0) is 25.5 Å². The highest BCUT2D eigenvalue weighted by atomic mass is 16.5. The fourth-order valence-corrected chi connectivity index (χ4v) is 1.79. The van der Waals surface area contributed by atoms with E-state index in [1.165, 1.54) is 7.05 Å². The smallest absolute Gasteiger partial charge is 0.306 e. The zero-order valence-corrected chi connectivity index (χ0v) is 14.0. The number of rotatable bonds is 9. The minimum absolute atomic E-state index is 0.110. The molecule has 0 saturated carbocycles. The highest BCUT2D eigenvalue weighted by Gasteiger charge is 2.10. The van der Waals surface area contributed by atoms with Gasteiger partial charge >= 0.3 is 5.97 Å².